The second kappa shape index (κ2) is 14.4. The van der Waals surface area contributed by atoms with Crippen molar-refractivity contribution >= 4 is 35.4 Å². The van der Waals surface area contributed by atoms with Crippen LogP contribution in [0.2, 0.25) is 0 Å². The molecule has 2 unspecified atom stereocenters. The van der Waals surface area contributed by atoms with Gasteiger partial charge in [0.25, 0.3) is 20.2 Å². The smallest absolute Gasteiger partial charge is 0.811 e. The molecule has 0 aliphatic rings. The fraction of sp³-hybridized carbons (Fsp3) is 0.333. The van der Waals surface area contributed by atoms with Crippen LogP contribution in [0.3, 0.4) is 0 Å². The third kappa shape index (κ3) is 16.0. The van der Waals surface area contributed by atoms with Crippen molar-refractivity contribution in [3.05, 3.63) is 71.8 Å². The molecule has 2 N–H and O–H groups in total. The third-order valence-corrected chi connectivity index (χ3v) is 8.93. The van der Waals surface area contributed by atoms with Crippen LogP contribution in [0.4, 0.5) is 0 Å². The first-order valence-electron chi connectivity index (χ1n) is 9.39. The first-order chi connectivity index (χ1) is 15.4. The van der Waals surface area contributed by atoms with E-state index in [2.05, 4.69) is 0 Å². The maximum Gasteiger partial charge on any atom is 4.00 e. The van der Waals surface area contributed by atoms with Crippen molar-refractivity contribution in [3.8, 4) is 0 Å². The van der Waals surface area contributed by atoms with E-state index in [1.807, 2.05) is 0 Å². The van der Waals surface area contributed by atoms with Crippen molar-refractivity contribution in [3.63, 3.8) is 0 Å². The van der Waals surface area contributed by atoms with Crippen molar-refractivity contribution in [1.29, 1.82) is 0 Å². The van der Waals surface area contributed by atoms with Gasteiger partial charge in [-0.3, -0.25) is 9.11 Å². The van der Waals surface area contributed by atoms with Crippen LogP contribution in [0.5, 0.6) is 0 Å². The number of benzene rings is 2. The van der Waals surface area contributed by atoms with Crippen molar-refractivity contribution in [2.45, 2.75) is 23.3 Å². The van der Waals surface area contributed by atoms with Gasteiger partial charge in [0, 0.05) is 0 Å². The molecule has 0 heterocycles. The number of hydrogen-bond acceptors (Lipinski definition) is 10. The molecule has 35 heavy (non-hydrogen) atoms. The summed E-state index contributed by atoms with van der Waals surface area (Å²) in [6.07, 6.45) is -2.65. The van der Waals surface area contributed by atoms with Crippen molar-refractivity contribution < 1.29 is 80.8 Å². The Hall–Kier alpha value is -0.557. The summed E-state index contributed by atoms with van der Waals surface area (Å²) in [5.74, 6) is 0. The van der Waals surface area contributed by atoms with Crippen LogP contribution in [0.15, 0.2) is 60.7 Å². The topological polar surface area (TPSA) is 235 Å². The van der Waals surface area contributed by atoms with Gasteiger partial charge in [-0.1, -0.05) is 75.9 Å². The third-order valence-electron chi connectivity index (χ3n) is 4.31. The SMILES string of the molecule is O=P([O-])([O-])CC(Cc1ccccc1)S(=O)(=O)O.O=P([O-])([O-])CC(Cc1ccccc1)S(=O)(=O)O.[Zr+4]. The van der Waals surface area contributed by atoms with Crippen molar-refractivity contribution in [1.82, 2.24) is 0 Å². The van der Waals surface area contributed by atoms with Crippen LogP contribution in [0.1, 0.15) is 11.1 Å². The van der Waals surface area contributed by atoms with Gasteiger partial charge in [-0.25, -0.2) is 0 Å². The van der Waals surface area contributed by atoms with Crippen LogP contribution in [0, 0.1) is 0 Å². The maximum atomic E-state index is 11.0. The van der Waals surface area contributed by atoms with E-state index in [0.29, 0.717) is 11.1 Å². The van der Waals surface area contributed by atoms with Gasteiger partial charge in [-0.15, -0.1) is 0 Å². The van der Waals surface area contributed by atoms with Gasteiger partial charge in [-0.05, 0) is 36.3 Å². The van der Waals surface area contributed by atoms with Crippen LogP contribution in [-0.4, -0.2) is 48.8 Å². The van der Waals surface area contributed by atoms with E-state index in [1.165, 1.54) is 0 Å². The van der Waals surface area contributed by atoms with Gasteiger partial charge in [0.05, 0.1) is 10.5 Å². The number of rotatable bonds is 10. The molecule has 0 aromatic heterocycles. The Labute approximate surface area is 222 Å². The zero-order valence-corrected chi connectivity index (χ0v) is 23.8. The van der Waals surface area contributed by atoms with Gasteiger partial charge >= 0.3 is 26.2 Å². The fourth-order valence-electron chi connectivity index (χ4n) is 2.78. The molecule has 0 fully saturated rings. The molecule has 2 aromatic carbocycles. The summed E-state index contributed by atoms with van der Waals surface area (Å²) in [5, 5.41) is -3.24. The molecule has 0 saturated carbocycles. The Bertz CT molecular complexity index is 1120. The molecule has 12 nitrogen and oxygen atoms in total. The summed E-state index contributed by atoms with van der Waals surface area (Å²) in [6.45, 7) is 0. The standard InChI is InChI=1S/2C9H13O6PS.Zr/c2*10-16(11,12)7-9(17(13,14)15)6-8-4-2-1-3-5-8;/h2*1-5,9H,6-7H2,(H2,10,11,12)(H,13,14,15);/q;;+4/p-4. The summed E-state index contributed by atoms with van der Waals surface area (Å²) < 4.78 is 82.8. The van der Waals surface area contributed by atoms with Gasteiger partial charge < -0.3 is 28.7 Å². The van der Waals surface area contributed by atoms with E-state index in [1.54, 1.807) is 60.7 Å². The van der Waals surface area contributed by atoms with Gasteiger partial charge in [0.1, 0.15) is 0 Å². The summed E-state index contributed by atoms with van der Waals surface area (Å²) in [4.78, 5) is 42.3. The summed E-state index contributed by atoms with van der Waals surface area (Å²) >= 11 is 0. The molecule has 2 aromatic rings. The molecule has 0 spiro atoms. The van der Waals surface area contributed by atoms with E-state index in [0.717, 1.165) is 0 Å². The molecule has 0 bridgehead atoms. The Morgan fingerprint density at radius 1 is 0.629 bits per heavy atom. The average Bonchev–Trinajstić information content (AvgIpc) is 2.66. The Kier molecular flexibility index (Phi) is 14.2. The molecule has 0 aliphatic heterocycles. The van der Waals surface area contributed by atoms with Gasteiger partial charge in [-0.2, -0.15) is 16.8 Å². The van der Waals surface area contributed by atoms with E-state index >= 15 is 0 Å². The predicted molar refractivity (Wildman–Crippen MR) is 116 cm³/mol. The zero-order chi connectivity index (χ0) is 26.2. The molecular weight excluding hydrogens is 625 g/mol. The van der Waals surface area contributed by atoms with Crippen LogP contribution in [-0.2, 0) is 68.4 Å². The predicted octanol–water partition coefficient (Wildman–Crippen LogP) is -1.20. The molecule has 0 saturated heterocycles. The zero-order valence-electron chi connectivity index (χ0n) is 17.9. The van der Waals surface area contributed by atoms with E-state index in [4.69, 9.17) is 9.11 Å². The Morgan fingerprint density at radius 3 is 1.09 bits per heavy atom. The van der Waals surface area contributed by atoms with E-state index in [9.17, 15) is 45.5 Å². The molecule has 17 heteroatoms. The Morgan fingerprint density at radius 2 is 0.886 bits per heavy atom. The molecule has 2 atom stereocenters. The quantitative estimate of drug-likeness (QED) is 0.228. The summed E-state index contributed by atoms with van der Waals surface area (Å²) in [6, 6.07) is 16.3. The minimum Gasteiger partial charge on any atom is -0.811 e. The van der Waals surface area contributed by atoms with E-state index in [-0.39, 0.29) is 39.0 Å². The van der Waals surface area contributed by atoms with Gasteiger partial charge in [0.2, 0.25) is 0 Å². The van der Waals surface area contributed by atoms with Crippen molar-refractivity contribution in [2.24, 2.45) is 0 Å². The molecule has 0 radical (unpaired) electrons. The minimum absolute atomic E-state index is 0. The summed E-state index contributed by atoms with van der Waals surface area (Å²) in [7, 11) is -19.1. The monoisotopic (exact) mass is 646 g/mol. The molecule has 2 rings (SSSR count). The first-order valence-corrected chi connectivity index (χ1v) is 15.9. The second-order valence-corrected chi connectivity index (χ2v) is 13.8. The van der Waals surface area contributed by atoms with Crippen LogP contribution < -0.4 is 19.6 Å². The van der Waals surface area contributed by atoms with Gasteiger partial charge in [0.15, 0.2) is 0 Å². The molecule has 192 valence electrons. The average molecular weight is 648 g/mol. The first kappa shape index (κ1) is 34.4. The van der Waals surface area contributed by atoms with Crippen molar-refractivity contribution in [2.75, 3.05) is 12.3 Å². The second-order valence-electron chi connectivity index (χ2n) is 7.24. The minimum atomic E-state index is -4.99. The normalized spacial score (nSPS) is 14.1. The van der Waals surface area contributed by atoms with Crippen LogP contribution >= 0.6 is 15.2 Å². The molecular formula is C18H22O12P2S2Zr. The molecule has 0 amide bonds. The Balaban J connectivity index is 0.000000642. The summed E-state index contributed by atoms with van der Waals surface area (Å²) in [5.41, 5.74) is 1.06. The fourth-order valence-corrected chi connectivity index (χ4v) is 7.45. The largest absolute Gasteiger partial charge is 4.00 e. The maximum absolute atomic E-state index is 11.0. The molecule has 0 aliphatic carbocycles. The van der Waals surface area contributed by atoms with E-state index < -0.39 is 58.3 Å². The number of hydrogen-bond donors (Lipinski definition) is 2. The van der Waals surface area contributed by atoms with Crippen LogP contribution in [0.25, 0.3) is 0 Å².